The average Bonchev–Trinajstić information content (AvgIpc) is 2.61. The third-order valence-electron chi connectivity index (χ3n) is 3.10. The minimum absolute atomic E-state index is 0.229. The number of hydrogen-bond acceptors (Lipinski definition) is 3. The van der Waals surface area contributed by atoms with Gasteiger partial charge in [-0.1, -0.05) is 17.7 Å². The van der Waals surface area contributed by atoms with E-state index in [0.29, 0.717) is 16.3 Å². The molecule has 0 saturated carbocycles. The van der Waals surface area contributed by atoms with E-state index in [-0.39, 0.29) is 18.5 Å². The lowest BCUT2D eigenvalue weighted by molar-refractivity contribution is 0.293. The molecule has 2 aromatic rings. The molecule has 6 heteroatoms. The summed E-state index contributed by atoms with van der Waals surface area (Å²) in [5.41, 5.74) is 7.62. The fourth-order valence-corrected chi connectivity index (χ4v) is 2.17. The fraction of sp³-hybridized carbons (Fsp3) is 0.357. The number of ether oxygens (including phenoxy) is 1. The van der Waals surface area contributed by atoms with Crippen molar-refractivity contribution in [1.82, 2.24) is 9.78 Å². The Kier molecular flexibility index (Phi) is 4.30. The van der Waals surface area contributed by atoms with Crippen molar-refractivity contribution < 1.29 is 9.13 Å². The Bertz CT molecular complexity index is 625. The van der Waals surface area contributed by atoms with Crippen LogP contribution in [0.1, 0.15) is 29.9 Å². The zero-order valence-electron chi connectivity index (χ0n) is 11.7. The molecule has 2 N–H and O–H groups in total. The highest BCUT2D eigenvalue weighted by Gasteiger charge is 2.13. The summed E-state index contributed by atoms with van der Waals surface area (Å²) in [5, 5.41) is 4.76. The molecule has 108 valence electrons. The molecule has 0 saturated heterocycles. The number of hydrogen-bond donors (Lipinski definition) is 1. The molecule has 0 spiro atoms. The molecule has 2 rings (SSSR count). The number of benzene rings is 1. The van der Waals surface area contributed by atoms with E-state index >= 15 is 0 Å². The third kappa shape index (κ3) is 2.94. The molecular formula is C14H17ClFN3O. The molecule has 0 aliphatic carbocycles. The van der Waals surface area contributed by atoms with Gasteiger partial charge in [0.05, 0.1) is 16.4 Å². The molecule has 0 unspecified atom stereocenters. The van der Waals surface area contributed by atoms with E-state index in [0.717, 1.165) is 11.4 Å². The van der Waals surface area contributed by atoms with Gasteiger partial charge in [-0.15, -0.1) is 0 Å². The van der Waals surface area contributed by atoms with Crippen LogP contribution in [0.15, 0.2) is 18.2 Å². The number of aryl methyl sites for hydroxylation is 2. The fourth-order valence-electron chi connectivity index (χ4n) is 1.96. The molecule has 0 amide bonds. The number of rotatable bonds is 4. The van der Waals surface area contributed by atoms with Gasteiger partial charge in [-0.25, -0.2) is 4.39 Å². The maximum atomic E-state index is 13.8. The Hall–Kier alpha value is -1.59. The Morgan fingerprint density at radius 3 is 2.70 bits per heavy atom. The van der Waals surface area contributed by atoms with Crippen LogP contribution in [-0.4, -0.2) is 9.78 Å². The van der Waals surface area contributed by atoms with E-state index in [1.165, 1.54) is 6.07 Å². The van der Waals surface area contributed by atoms with Crippen molar-refractivity contribution >= 4 is 11.6 Å². The van der Waals surface area contributed by atoms with Gasteiger partial charge in [0.15, 0.2) is 0 Å². The highest BCUT2D eigenvalue weighted by molar-refractivity contribution is 6.31. The minimum atomic E-state index is -0.371. The first-order valence-corrected chi connectivity index (χ1v) is 6.63. The average molecular weight is 298 g/mol. The Morgan fingerprint density at radius 1 is 1.50 bits per heavy atom. The molecule has 1 aromatic carbocycles. The summed E-state index contributed by atoms with van der Waals surface area (Å²) < 4.78 is 21.0. The summed E-state index contributed by atoms with van der Waals surface area (Å²) in [7, 11) is 1.79. The SMILES string of the molecule is Cc1nn(C)c(COc2ccc([C@H](C)N)c(F)c2)c1Cl. The summed E-state index contributed by atoms with van der Waals surface area (Å²) in [6, 6.07) is 4.30. The molecule has 1 atom stereocenters. The Labute approximate surface area is 122 Å². The van der Waals surface area contributed by atoms with Crippen LogP contribution >= 0.6 is 11.6 Å². The molecule has 0 aliphatic rings. The molecule has 0 bridgehead atoms. The van der Waals surface area contributed by atoms with Crippen molar-refractivity contribution in [3.05, 3.63) is 46.0 Å². The van der Waals surface area contributed by atoms with E-state index < -0.39 is 0 Å². The number of nitrogens with zero attached hydrogens (tertiary/aromatic N) is 2. The maximum Gasteiger partial charge on any atom is 0.131 e. The number of nitrogens with two attached hydrogens (primary N) is 1. The van der Waals surface area contributed by atoms with E-state index in [1.54, 1.807) is 30.8 Å². The van der Waals surface area contributed by atoms with Crippen LogP contribution in [-0.2, 0) is 13.7 Å². The predicted molar refractivity (Wildman–Crippen MR) is 76.3 cm³/mol. The monoisotopic (exact) mass is 297 g/mol. The normalized spacial score (nSPS) is 12.5. The highest BCUT2D eigenvalue weighted by Crippen LogP contribution is 2.24. The predicted octanol–water partition coefficient (Wildman–Crippen LogP) is 3.12. The van der Waals surface area contributed by atoms with Gasteiger partial charge in [0.1, 0.15) is 18.2 Å². The van der Waals surface area contributed by atoms with E-state index in [9.17, 15) is 4.39 Å². The molecule has 0 radical (unpaired) electrons. The van der Waals surface area contributed by atoms with Gasteiger partial charge in [0, 0.05) is 24.7 Å². The lowest BCUT2D eigenvalue weighted by atomic mass is 10.1. The zero-order valence-corrected chi connectivity index (χ0v) is 12.4. The van der Waals surface area contributed by atoms with Crippen molar-refractivity contribution in [2.45, 2.75) is 26.5 Å². The van der Waals surface area contributed by atoms with Crippen LogP contribution in [0, 0.1) is 12.7 Å². The number of halogens is 2. The molecule has 20 heavy (non-hydrogen) atoms. The zero-order chi connectivity index (χ0) is 14.9. The second kappa shape index (κ2) is 5.81. The van der Waals surface area contributed by atoms with Crippen LogP contribution in [0.4, 0.5) is 4.39 Å². The Balaban J connectivity index is 2.13. The van der Waals surface area contributed by atoms with Crippen LogP contribution in [0.3, 0.4) is 0 Å². The summed E-state index contributed by atoms with van der Waals surface area (Å²) >= 11 is 6.12. The van der Waals surface area contributed by atoms with Crippen molar-refractivity contribution in [2.24, 2.45) is 12.8 Å². The largest absolute Gasteiger partial charge is 0.487 e. The topological polar surface area (TPSA) is 53.1 Å². The van der Waals surface area contributed by atoms with Crippen LogP contribution in [0.2, 0.25) is 5.02 Å². The van der Waals surface area contributed by atoms with Crippen LogP contribution in [0.25, 0.3) is 0 Å². The van der Waals surface area contributed by atoms with Gasteiger partial charge in [-0.3, -0.25) is 4.68 Å². The van der Waals surface area contributed by atoms with Crippen molar-refractivity contribution in [3.8, 4) is 5.75 Å². The molecule has 4 nitrogen and oxygen atoms in total. The molecule has 1 heterocycles. The summed E-state index contributed by atoms with van der Waals surface area (Å²) in [5.74, 6) is 0.0617. The molecule has 0 fully saturated rings. The van der Waals surface area contributed by atoms with Gasteiger partial charge >= 0.3 is 0 Å². The third-order valence-corrected chi connectivity index (χ3v) is 3.59. The van der Waals surface area contributed by atoms with Gasteiger partial charge in [0.2, 0.25) is 0 Å². The van der Waals surface area contributed by atoms with E-state index in [1.807, 2.05) is 6.92 Å². The quantitative estimate of drug-likeness (QED) is 0.943. The van der Waals surface area contributed by atoms with Gasteiger partial charge in [-0.05, 0) is 19.9 Å². The number of aromatic nitrogens is 2. The summed E-state index contributed by atoms with van der Waals surface area (Å²) in [6.07, 6.45) is 0. The molecule has 0 aliphatic heterocycles. The first kappa shape index (κ1) is 14.8. The lowest BCUT2D eigenvalue weighted by Crippen LogP contribution is -2.08. The van der Waals surface area contributed by atoms with Crippen LogP contribution in [0.5, 0.6) is 5.75 Å². The smallest absolute Gasteiger partial charge is 0.131 e. The highest BCUT2D eigenvalue weighted by atomic mass is 35.5. The molecule has 1 aromatic heterocycles. The molecular weight excluding hydrogens is 281 g/mol. The first-order valence-electron chi connectivity index (χ1n) is 6.26. The van der Waals surface area contributed by atoms with Crippen molar-refractivity contribution in [1.29, 1.82) is 0 Å². The summed E-state index contributed by atoms with van der Waals surface area (Å²) in [4.78, 5) is 0. The second-order valence-electron chi connectivity index (χ2n) is 4.73. The Morgan fingerprint density at radius 2 is 2.20 bits per heavy atom. The summed E-state index contributed by atoms with van der Waals surface area (Å²) in [6.45, 7) is 3.78. The van der Waals surface area contributed by atoms with Crippen molar-refractivity contribution in [3.63, 3.8) is 0 Å². The lowest BCUT2D eigenvalue weighted by Gasteiger charge is -2.10. The van der Waals surface area contributed by atoms with E-state index in [2.05, 4.69) is 5.10 Å². The van der Waals surface area contributed by atoms with Crippen molar-refractivity contribution in [2.75, 3.05) is 0 Å². The van der Waals surface area contributed by atoms with Crippen LogP contribution < -0.4 is 10.5 Å². The second-order valence-corrected chi connectivity index (χ2v) is 5.11. The van der Waals surface area contributed by atoms with Gasteiger partial charge in [0.25, 0.3) is 0 Å². The minimum Gasteiger partial charge on any atom is -0.487 e. The van der Waals surface area contributed by atoms with Gasteiger partial charge < -0.3 is 10.5 Å². The van der Waals surface area contributed by atoms with Gasteiger partial charge in [-0.2, -0.15) is 5.10 Å². The first-order chi connectivity index (χ1) is 9.40. The van der Waals surface area contributed by atoms with E-state index in [4.69, 9.17) is 22.1 Å². The standard InChI is InChI=1S/C14H17ClFN3O/c1-8(17)11-5-4-10(6-12(11)16)20-7-13-14(15)9(2)18-19(13)3/h4-6,8H,7,17H2,1-3H3/t8-/m0/s1. The maximum absolute atomic E-state index is 13.8.